The number of halogens is 1. The van der Waals surface area contributed by atoms with Crippen molar-refractivity contribution in [2.45, 2.75) is 6.92 Å². The number of aliphatic imine (C=N–C) groups is 2. The second-order valence-corrected chi connectivity index (χ2v) is 7.76. The van der Waals surface area contributed by atoms with E-state index < -0.39 is 0 Å². The van der Waals surface area contributed by atoms with E-state index in [1.54, 1.807) is 12.1 Å². The van der Waals surface area contributed by atoms with Crippen LogP contribution < -0.4 is 5.32 Å². The number of nitrogens with zero attached hydrogens (tertiary/aromatic N) is 3. The minimum Gasteiger partial charge on any atom is -0.378 e. The minimum atomic E-state index is -0.282. The molecular weight excluding hydrogens is 399 g/mol. The highest BCUT2D eigenvalue weighted by molar-refractivity contribution is 6.52. The van der Waals surface area contributed by atoms with Crippen molar-refractivity contribution in [3.05, 3.63) is 108 Å². The fourth-order valence-electron chi connectivity index (χ4n) is 3.31. The zero-order chi connectivity index (χ0) is 22.5. The molecule has 1 aliphatic rings. The zero-order valence-electron chi connectivity index (χ0n) is 18.4. The van der Waals surface area contributed by atoms with Crippen molar-refractivity contribution >= 4 is 34.2 Å². The lowest BCUT2D eigenvalue weighted by molar-refractivity contribution is 0.530. The lowest BCUT2D eigenvalue weighted by Crippen LogP contribution is -2.19. The van der Waals surface area contributed by atoms with Crippen LogP contribution in [0.15, 0.2) is 107 Å². The molecule has 0 heterocycles. The quantitative estimate of drug-likeness (QED) is 0.461. The van der Waals surface area contributed by atoms with Crippen molar-refractivity contribution in [2.24, 2.45) is 9.98 Å². The summed E-state index contributed by atoms with van der Waals surface area (Å²) in [7, 11) is 3.97. The van der Waals surface area contributed by atoms with Crippen molar-refractivity contribution < 1.29 is 4.39 Å². The molecule has 32 heavy (non-hydrogen) atoms. The molecule has 0 radical (unpaired) electrons. The van der Waals surface area contributed by atoms with Gasteiger partial charge in [-0.2, -0.15) is 0 Å². The average Bonchev–Trinajstić information content (AvgIpc) is 2.79. The molecule has 4 rings (SSSR count). The SMILES string of the molecule is Cc1cc(Nc2ccccc2)ccc1N=C1C=CC(N(C)C)=CC1=Nc1ccc(F)cc1. The van der Waals surface area contributed by atoms with Gasteiger partial charge in [0.15, 0.2) is 0 Å². The van der Waals surface area contributed by atoms with Crippen molar-refractivity contribution in [1.82, 2.24) is 4.90 Å². The monoisotopic (exact) mass is 424 g/mol. The van der Waals surface area contributed by atoms with Gasteiger partial charge in [0.05, 0.1) is 22.8 Å². The number of allylic oxidation sites excluding steroid dienone is 3. The summed E-state index contributed by atoms with van der Waals surface area (Å²) in [5.74, 6) is -0.282. The van der Waals surface area contributed by atoms with E-state index in [2.05, 4.69) is 11.4 Å². The standard InChI is InChI=1S/C27H25FN4/c1-19-17-23(29-21-7-5-4-6-8-21)13-15-25(19)31-26-16-14-24(32(2)3)18-27(26)30-22-11-9-20(28)10-12-22/h4-18,29H,1-3H3. The first-order chi connectivity index (χ1) is 15.5. The van der Waals surface area contributed by atoms with Crippen LogP contribution in [0.2, 0.25) is 0 Å². The summed E-state index contributed by atoms with van der Waals surface area (Å²) < 4.78 is 13.3. The molecule has 0 bridgehead atoms. The molecule has 0 fully saturated rings. The Balaban J connectivity index is 1.66. The van der Waals surface area contributed by atoms with E-state index in [9.17, 15) is 4.39 Å². The van der Waals surface area contributed by atoms with E-state index in [1.807, 2.05) is 86.6 Å². The van der Waals surface area contributed by atoms with Gasteiger partial charge in [-0.3, -0.25) is 0 Å². The third kappa shape index (κ3) is 5.19. The zero-order valence-corrected chi connectivity index (χ0v) is 18.4. The molecule has 4 nitrogen and oxygen atoms in total. The highest BCUT2D eigenvalue weighted by Crippen LogP contribution is 2.26. The Hall–Kier alpha value is -3.99. The second kappa shape index (κ2) is 9.43. The molecule has 0 unspecified atom stereocenters. The molecule has 160 valence electrons. The molecular formula is C27H25FN4. The third-order valence-electron chi connectivity index (χ3n) is 5.05. The van der Waals surface area contributed by atoms with E-state index in [1.165, 1.54) is 12.1 Å². The second-order valence-electron chi connectivity index (χ2n) is 7.76. The van der Waals surface area contributed by atoms with Gasteiger partial charge in [0.1, 0.15) is 5.82 Å². The average molecular weight is 425 g/mol. The highest BCUT2D eigenvalue weighted by atomic mass is 19.1. The van der Waals surface area contributed by atoms with Gasteiger partial charge < -0.3 is 10.2 Å². The Morgan fingerprint density at radius 1 is 0.781 bits per heavy atom. The molecule has 0 aliphatic heterocycles. The maximum atomic E-state index is 13.3. The maximum Gasteiger partial charge on any atom is 0.123 e. The number of likely N-dealkylation sites (N-methyl/N-ethyl adjacent to an activating group) is 1. The number of benzene rings is 3. The fourth-order valence-corrected chi connectivity index (χ4v) is 3.31. The van der Waals surface area contributed by atoms with Gasteiger partial charge in [-0.15, -0.1) is 0 Å². The summed E-state index contributed by atoms with van der Waals surface area (Å²) in [6, 6.07) is 22.3. The predicted octanol–water partition coefficient (Wildman–Crippen LogP) is 6.74. The molecule has 0 saturated heterocycles. The van der Waals surface area contributed by atoms with Crippen LogP contribution in [-0.2, 0) is 0 Å². The number of hydrogen-bond acceptors (Lipinski definition) is 4. The van der Waals surface area contributed by atoms with Crippen LogP contribution in [0.3, 0.4) is 0 Å². The molecule has 0 saturated carbocycles. The molecule has 5 heteroatoms. The first-order valence-corrected chi connectivity index (χ1v) is 10.4. The molecule has 3 aromatic rings. The predicted molar refractivity (Wildman–Crippen MR) is 132 cm³/mol. The number of aryl methyl sites for hydroxylation is 1. The molecule has 3 aromatic carbocycles. The lowest BCUT2D eigenvalue weighted by Gasteiger charge is -2.18. The van der Waals surface area contributed by atoms with Gasteiger partial charge in [0.25, 0.3) is 0 Å². The number of rotatable bonds is 5. The summed E-state index contributed by atoms with van der Waals surface area (Å²) in [4.78, 5) is 11.6. The van der Waals surface area contributed by atoms with Crippen molar-refractivity contribution in [3.63, 3.8) is 0 Å². The molecule has 1 N–H and O–H groups in total. The Labute approximate surface area is 188 Å². The third-order valence-corrected chi connectivity index (χ3v) is 5.05. The first kappa shape index (κ1) is 21.2. The van der Waals surface area contributed by atoms with Crippen LogP contribution in [0.4, 0.5) is 27.1 Å². The van der Waals surface area contributed by atoms with E-state index in [0.29, 0.717) is 5.69 Å². The summed E-state index contributed by atoms with van der Waals surface area (Å²) in [6.07, 6.45) is 5.97. The Morgan fingerprint density at radius 3 is 2.22 bits per heavy atom. The number of anilines is 2. The molecule has 0 spiro atoms. The number of para-hydroxylation sites is 1. The van der Waals surface area contributed by atoms with Crippen molar-refractivity contribution in [1.29, 1.82) is 0 Å². The number of hydrogen-bond donors (Lipinski definition) is 1. The van der Waals surface area contributed by atoms with Gasteiger partial charge >= 0.3 is 0 Å². The van der Waals surface area contributed by atoms with Gasteiger partial charge in [0.2, 0.25) is 0 Å². The normalized spacial score (nSPS) is 15.7. The smallest absolute Gasteiger partial charge is 0.123 e. The van der Waals surface area contributed by atoms with Crippen LogP contribution in [0.25, 0.3) is 0 Å². The van der Waals surface area contributed by atoms with Crippen molar-refractivity contribution in [2.75, 3.05) is 19.4 Å². The topological polar surface area (TPSA) is 40.0 Å². The molecule has 1 aliphatic carbocycles. The summed E-state index contributed by atoms with van der Waals surface area (Å²) in [5.41, 5.74) is 7.15. The van der Waals surface area contributed by atoms with Gasteiger partial charge in [-0.05, 0) is 85.3 Å². The first-order valence-electron chi connectivity index (χ1n) is 10.4. The fraction of sp³-hybridized carbons (Fsp3) is 0.111. The van der Waals surface area contributed by atoms with Gasteiger partial charge in [-0.25, -0.2) is 14.4 Å². The summed E-state index contributed by atoms with van der Waals surface area (Å²) in [5, 5.41) is 3.41. The molecule has 0 atom stereocenters. The Kier molecular flexibility index (Phi) is 6.26. The summed E-state index contributed by atoms with van der Waals surface area (Å²) >= 11 is 0. The number of nitrogens with one attached hydrogen (secondary N) is 1. The van der Waals surface area contributed by atoms with Gasteiger partial charge in [-0.1, -0.05) is 18.2 Å². The van der Waals surface area contributed by atoms with Crippen LogP contribution >= 0.6 is 0 Å². The molecule has 0 amide bonds. The summed E-state index contributed by atoms with van der Waals surface area (Å²) in [6.45, 7) is 2.04. The van der Waals surface area contributed by atoms with Crippen LogP contribution in [0.5, 0.6) is 0 Å². The largest absolute Gasteiger partial charge is 0.378 e. The van der Waals surface area contributed by atoms with Crippen LogP contribution in [-0.4, -0.2) is 30.4 Å². The van der Waals surface area contributed by atoms with E-state index in [0.717, 1.165) is 39.7 Å². The van der Waals surface area contributed by atoms with E-state index in [4.69, 9.17) is 9.98 Å². The maximum absolute atomic E-state index is 13.3. The molecule has 0 aromatic heterocycles. The van der Waals surface area contributed by atoms with Crippen molar-refractivity contribution in [3.8, 4) is 0 Å². The van der Waals surface area contributed by atoms with Crippen LogP contribution in [0.1, 0.15) is 5.56 Å². The Bertz CT molecular complexity index is 1220. The lowest BCUT2D eigenvalue weighted by atomic mass is 10.1. The van der Waals surface area contributed by atoms with Crippen LogP contribution in [0, 0.1) is 12.7 Å². The highest BCUT2D eigenvalue weighted by Gasteiger charge is 2.13. The Morgan fingerprint density at radius 2 is 1.53 bits per heavy atom. The van der Waals surface area contributed by atoms with E-state index >= 15 is 0 Å². The minimum absolute atomic E-state index is 0.282. The van der Waals surface area contributed by atoms with E-state index in [-0.39, 0.29) is 5.82 Å². The van der Waals surface area contributed by atoms with Gasteiger partial charge in [0, 0.05) is 31.2 Å².